The van der Waals surface area contributed by atoms with Gasteiger partial charge < -0.3 is 5.32 Å². The Bertz CT molecular complexity index is 141. The van der Waals surface area contributed by atoms with Crippen molar-refractivity contribution in [2.45, 2.75) is 59.4 Å². The van der Waals surface area contributed by atoms with E-state index in [1.54, 1.807) is 6.92 Å². The van der Waals surface area contributed by atoms with Crippen LogP contribution >= 0.6 is 0 Å². The predicted octanol–water partition coefficient (Wildman–Crippen LogP) is 2.73. The lowest BCUT2D eigenvalue weighted by atomic mass is 9.81. The van der Waals surface area contributed by atoms with Gasteiger partial charge in [-0.1, -0.05) is 33.1 Å². The van der Waals surface area contributed by atoms with Gasteiger partial charge in [-0.05, 0) is 19.3 Å². The van der Waals surface area contributed by atoms with Gasteiger partial charge in [0.1, 0.15) is 0 Å². The summed E-state index contributed by atoms with van der Waals surface area (Å²) in [5, 5.41) is 2.90. The van der Waals surface area contributed by atoms with E-state index in [1.807, 2.05) is 13.8 Å². The van der Waals surface area contributed by atoms with Crippen LogP contribution in [0.15, 0.2) is 0 Å². The quantitative estimate of drug-likeness (QED) is 0.719. The molecule has 13 heavy (non-hydrogen) atoms. The highest BCUT2D eigenvalue weighted by atomic mass is 16.1. The number of rotatable bonds is 3. The smallest absolute Gasteiger partial charge is 0.217 e. The van der Waals surface area contributed by atoms with Gasteiger partial charge in [0, 0.05) is 13.0 Å². The second kappa shape index (κ2) is 6.93. The Morgan fingerprint density at radius 2 is 2.00 bits per heavy atom. The second-order valence-corrected chi connectivity index (χ2v) is 3.63. The molecule has 1 atom stereocenters. The molecule has 0 spiro atoms. The molecule has 1 aliphatic rings. The molecule has 1 aliphatic carbocycles. The van der Waals surface area contributed by atoms with Crippen LogP contribution in [0, 0.1) is 5.92 Å². The minimum atomic E-state index is 0.0943. The number of nitrogens with one attached hydrogen (secondary N) is 1. The van der Waals surface area contributed by atoms with E-state index in [2.05, 4.69) is 12.2 Å². The summed E-state index contributed by atoms with van der Waals surface area (Å²) in [6.45, 7) is 7.66. The van der Waals surface area contributed by atoms with Crippen LogP contribution in [-0.2, 0) is 4.79 Å². The van der Waals surface area contributed by atoms with E-state index in [9.17, 15) is 4.79 Å². The summed E-state index contributed by atoms with van der Waals surface area (Å²) in [7, 11) is 0. The van der Waals surface area contributed by atoms with E-state index in [4.69, 9.17) is 0 Å². The van der Waals surface area contributed by atoms with E-state index in [-0.39, 0.29) is 5.91 Å². The molecule has 78 valence electrons. The van der Waals surface area contributed by atoms with E-state index in [1.165, 1.54) is 25.7 Å². The first-order chi connectivity index (χ1) is 6.18. The maximum Gasteiger partial charge on any atom is 0.217 e. The molecule has 1 unspecified atom stereocenters. The number of carbonyl (C=O) groups is 1. The van der Waals surface area contributed by atoms with Gasteiger partial charge in [0.25, 0.3) is 0 Å². The molecule has 0 bridgehead atoms. The number of hydrogen-bond donors (Lipinski definition) is 1. The van der Waals surface area contributed by atoms with Crippen LogP contribution in [0.3, 0.4) is 0 Å². The topological polar surface area (TPSA) is 29.1 Å². The van der Waals surface area contributed by atoms with Crippen molar-refractivity contribution in [1.29, 1.82) is 0 Å². The highest BCUT2D eigenvalue weighted by Gasteiger charge is 2.19. The van der Waals surface area contributed by atoms with Crippen molar-refractivity contribution in [2.75, 3.05) is 0 Å². The molecule has 0 aromatic heterocycles. The summed E-state index contributed by atoms with van der Waals surface area (Å²) in [6, 6.07) is 0.373. The molecule has 0 aromatic carbocycles. The van der Waals surface area contributed by atoms with E-state index in [0.717, 1.165) is 5.92 Å². The average Bonchev–Trinajstić information content (AvgIpc) is 2.00. The van der Waals surface area contributed by atoms with Crippen molar-refractivity contribution < 1.29 is 4.79 Å². The number of carbonyl (C=O) groups excluding carboxylic acids is 1. The van der Waals surface area contributed by atoms with Gasteiger partial charge in [-0.15, -0.1) is 0 Å². The maximum atomic E-state index is 10.6. The molecule has 1 N–H and O–H groups in total. The summed E-state index contributed by atoms with van der Waals surface area (Å²) in [6.07, 6.45) is 5.28. The van der Waals surface area contributed by atoms with Gasteiger partial charge in [-0.2, -0.15) is 0 Å². The number of amides is 1. The second-order valence-electron chi connectivity index (χ2n) is 3.63. The monoisotopic (exact) mass is 185 g/mol. The first-order valence-electron chi connectivity index (χ1n) is 5.45. The van der Waals surface area contributed by atoms with Gasteiger partial charge in [0.05, 0.1) is 0 Å². The molecular formula is C11H23NO. The Kier molecular flexibility index (Phi) is 6.65. The molecule has 1 saturated carbocycles. The summed E-state index contributed by atoms with van der Waals surface area (Å²) < 4.78 is 0. The zero-order chi connectivity index (χ0) is 10.3. The van der Waals surface area contributed by atoms with Crippen LogP contribution in [0.25, 0.3) is 0 Å². The van der Waals surface area contributed by atoms with Gasteiger partial charge in [0.2, 0.25) is 5.91 Å². The van der Waals surface area contributed by atoms with E-state index < -0.39 is 0 Å². The van der Waals surface area contributed by atoms with Gasteiger partial charge in [-0.25, -0.2) is 0 Å². The van der Waals surface area contributed by atoms with E-state index >= 15 is 0 Å². The molecule has 0 saturated heterocycles. The van der Waals surface area contributed by atoms with Crippen molar-refractivity contribution in [3.05, 3.63) is 0 Å². The molecule has 0 heterocycles. The van der Waals surface area contributed by atoms with Crippen LogP contribution in [0.5, 0.6) is 0 Å². The molecule has 1 fully saturated rings. The van der Waals surface area contributed by atoms with Crippen LogP contribution < -0.4 is 5.32 Å². The summed E-state index contributed by atoms with van der Waals surface area (Å²) >= 11 is 0. The Labute approximate surface area is 82.1 Å². The lowest BCUT2D eigenvalue weighted by Crippen LogP contribution is -2.33. The first-order valence-corrected chi connectivity index (χ1v) is 5.45. The number of hydrogen-bond acceptors (Lipinski definition) is 1. The molecule has 1 amide bonds. The van der Waals surface area contributed by atoms with Gasteiger partial charge in [0.15, 0.2) is 0 Å². The lowest BCUT2D eigenvalue weighted by molar-refractivity contribution is -0.119. The van der Waals surface area contributed by atoms with Crippen LogP contribution in [0.2, 0.25) is 0 Å². The molecule has 2 nitrogen and oxygen atoms in total. The molecule has 2 heteroatoms. The third-order valence-electron chi connectivity index (χ3n) is 2.36. The maximum absolute atomic E-state index is 10.6. The van der Waals surface area contributed by atoms with E-state index in [0.29, 0.717) is 6.04 Å². The Hall–Kier alpha value is -0.530. The Morgan fingerprint density at radius 1 is 1.46 bits per heavy atom. The fourth-order valence-electron chi connectivity index (χ4n) is 1.63. The van der Waals surface area contributed by atoms with Crippen molar-refractivity contribution in [1.82, 2.24) is 5.32 Å². The van der Waals surface area contributed by atoms with Crippen LogP contribution in [-0.4, -0.2) is 11.9 Å². The molecule has 0 aliphatic heterocycles. The first kappa shape index (κ1) is 12.5. The Morgan fingerprint density at radius 3 is 2.31 bits per heavy atom. The largest absolute Gasteiger partial charge is 0.354 e. The van der Waals surface area contributed by atoms with Gasteiger partial charge in [-0.3, -0.25) is 4.79 Å². The average molecular weight is 185 g/mol. The zero-order valence-corrected chi connectivity index (χ0v) is 9.39. The SMILES string of the molecule is CC.CC(=O)NC(C)CC1CCC1. The zero-order valence-electron chi connectivity index (χ0n) is 9.39. The van der Waals surface area contributed by atoms with Crippen molar-refractivity contribution >= 4 is 5.91 Å². The molecule has 0 radical (unpaired) electrons. The third kappa shape index (κ3) is 5.67. The molecule has 1 rings (SSSR count). The van der Waals surface area contributed by atoms with Crippen molar-refractivity contribution in [3.8, 4) is 0 Å². The van der Waals surface area contributed by atoms with Crippen LogP contribution in [0.1, 0.15) is 53.4 Å². The summed E-state index contributed by atoms with van der Waals surface area (Å²) in [5.74, 6) is 0.980. The highest BCUT2D eigenvalue weighted by molar-refractivity contribution is 5.73. The standard InChI is InChI=1S/C9H17NO.C2H6/c1-7(10-8(2)11)6-9-4-3-5-9;1-2/h7,9H,3-6H2,1-2H3,(H,10,11);1-2H3. The minimum Gasteiger partial charge on any atom is -0.354 e. The molecule has 0 aromatic rings. The molecular weight excluding hydrogens is 162 g/mol. The fraction of sp³-hybridized carbons (Fsp3) is 0.909. The van der Waals surface area contributed by atoms with Crippen LogP contribution in [0.4, 0.5) is 0 Å². The normalized spacial score (nSPS) is 17.8. The third-order valence-corrected chi connectivity index (χ3v) is 2.36. The van der Waals surface area contributed by atoms with Crippen molar-refractivity contribution in [2.24, 2.45) is 5.92 Å². The summed E-state index contributed by atoms with van der Waals surface area (Å²) in [5.41, 5.74) is 0. The fourth-order valence-corrected chi connectivity index (χ4v) is 1.63. The highest BCUT2D eigenvalue weighted by Crippen LogP contribution is 2.30. The van der Waals surface area contributed by atoms with Gasteiger partial charge >= 0.3 is 0 Å². The van der Waals surface area contributed by atoms with Crippen molar-refractivity contribution in [3.63, 3.8) is 0 Å². The summed E-state index contributed by atoms with van der Waals surface area (Å²) in [4.78, 5) is 10.6. The predicted molar refractivity (Wildman–Crippen MR) is 56.6 cm³/mol. The lowest BCUT2D eigenvalue weighted by Gasteiger charge is -2.28. The minimum absolute atomic E-state index is 0.0943. The Balaban J connectivity index is 0.000000671.